The predicted octanol–water partition coefficient (Wildman–Crippen LogP) is -0.112. The predicted molar refractivity (Wildman–Crippen MR) is 60.3 cm³/mol. The maximum Gasteiger partial charge on any atom is 0.251 e. The third kappa shape index (κ3) is 3.51. The van der Waals surface area contributed by atoms with E-state index in [1.54, 1.807) is 19.3 Å². The highest BCUT2D eigenvalue weighted by atomic mass is 16.3. The summed E-state index contributed by atoms with van der Waals surface area (Å²) in [5.41, 5.74) is 0.162. The Kier molecular flexibility index (Phi) is 4.72. The quantitative estimate of drug-likeness (QED) is 0.685. The molecule has 2 N–H and O–H groups in total. The van der Waals surface area contributed by atoms with Crippen molar-refractivity contribution in [1.29, 1.82) is 0 Å². The first-order valence-corrected chi connectivity index (χ1v) is 5.21. The van der Waals surface area contributed by atoms with E-state index < -0.39 is 0 Å². The summed E-state index contributed by atoms with van der Waals surface area (Å²) >= 11 is 0. The van der Waals surface area contributed by atoms with E-state index in [4.69, 9.17) is 5.11 Å². The first kappa shape index (κ1) is 12.4. The van der Waals surface area contributed by atoms with E-state index in [2.05, 4.69) is 5.32 Å². The molecule has 0 radical (unpaired) electrons. The first-order chi connectivity index (χ1) is 7.65. The van der Waals surface area contributed by atoms with Crippen molar-refractivity contribution >= 4 is 5.91 Å². The van der Waals surface area contributed by atoms with Crippen LogP contribution >= 0.6 is 0 Å². The summed E-state index contributed by atoms with van der Waals surface area (Å²) in [6.45, 7) is 0.635. The van der Waals surface area contributed by atoms with Gasteiger partial charge < -0.3 is 15.0 Å². The van der Waals surface area contributed by atoms with Gasteiger partial charge >= 0.3 is 0 Å². The summed E-state index contributed by atoms with van der Waals surface area (Å²) in [6, 6.07) is 2.91. The van der Waals surface area contributed by atoms with Gasteiger partial charge in [-0.25, -0.2) is 0 Å². The lowest BCUT2D eigenvalue weighted by molar-refractivity contribution is 0.0952. The molecule has 0 aliphatic heterocycles. The zero-order valence-corrected chi connectivity index (χ0v) is 9.27. The van der Waals surface area contributed by atoms with E-state index in [0.29, 0.717) is 18.5 Å². The SMILES string of the molecule is Cn1ccc(C(=O)NCCCCO)cc1=O. The summed E-state index contributed by atoms with van der Waals surface area (Å²) in [6.07, 6.45) is 2.95. The molecule has 1 aromatic heterocycles. The number of nitrogens with zero attached hydrogens (tertiary/aromatic N) is 1. The molecule has 0 unspecified atom stereocenters. The van der Waals surface area contributed by atoms with Gasteiger partial charge in [-0.3, -0.25) is 9.59 Å². The number of amides is 1. The van der Waals surface area contributed by atoms with Crippen LogP contribution in [0.3, 0.4) is 0 Å². The van der Waals surface area contributed by atoms with Gasteiger partial charge in [0.2, 0.25) is 0 Å². The molecule has 88 valence electrons. The van der Waals surface area contributed by atoms with Crippen LogP contribution in [-0.2, 0) is 7.05 Å². The van der Waals surface area contributed by atoms with Gasteiger partial charge in [-0.2, -0.15) is 0 Å². The highest BCUT2D eigenvalue weighted by Gasteiger charge is 2.05. The van der Waals surface area contributed by atoms with Crippen molar-refractivity contribution < 1.29 is 9.90 Å². The lowest BCUT2D eigenvalue weighted by Gasteiger charge is -2.04. The molecule has 0 saturated heterocycles. The minimum Gasteiger partial charge on any atom is -0.396 e. The van der Waals surface area contributed by atoms with E-state index in [-0.39, 0.29) is 18.1 Å². The molecular formula is C11H16N2O3. The molecular weight excluding hydrogens is 208 g/mol. The standard InChI is InChI=1S/C11H16N2O3/c1-13-6-4-9(8-10(13)15)11(16)12-5-2-3-7-14/h4,6,8,14H,2-3,5,7H2,1H3,(H,12,16). The van der Waals surface area contributed by atoms with E-state index in [1.807, 2.05) is 0 Å². The van der Waals surface area contributed by atoms with Crippen LogP contribution in [-0.4, -0.2) is 28.7 Å². The van der Waals surface area contributed by atoms with E-state index in [1.165, 1.54) is 10.6 Å². The molecule has 1 heterocycles. The summed E-state index contributed by atoms with van der Waals surface area (Å²) < 4.78 is 1.41. The number of aromatic nitrogens is 1. The summed E-state index contributed by atoms with van der Waals surface area (Å²) in [5.74, 6) is -0.254. The van der Waals surface area contributed by atoms with Gasteiger partial charge in [-0.1, -0.05) is 0 Å². The molecule has 0 aromatic carbocycles. The van der Waals surface area contributed by atoms with Crippen molar-refractivity contribution in [2.75, 3.05) is 13.2 Å². The number of aryl methyl sites for hydroxylation is 1. The number of aliphatic hydroxyl groups excluding tert-OH is 1. The van der Waals surface area contributed by atoms with Crippen molar-refractivity contribution in [2.45, 2.75) is 12.8 Å². The fraction of sp³-hybridized carbons (Fsp3) is 0.455. The molecule has 0 fully saturated rings. The van der Waals surface area contributed by atoms with E-state index >= 15 is 0 Å². The summed E-state index contributed by atoms with van der Waals surface area (Å²) in [5, 5.41) is 11.2. The monoisotopic (exact) mass is 224 g/mol. The normalized spacial score (nSPS) is 10.1. The minimum atomic E-state index is -0.254. The topological polar surface area (TPSA) is 71.3 Å². The second-order valence-electron chi connectivity index (χ2n) is 3.55. The molecule has 1 aromatic rings. The molecule has 5 heteroatoms. The number of carbonyl (C=O) groups is 1. The van der Waals surface area contributed by atoms with Gasteiger partial charge in [0, 0.05) is 38.0 Å². The third-order valence-electron chi connectivity index (χ3n) is 2.24. The number of unbranched alkanes of at least 4 members (excludes halogenated alkanes) is 1. The van der Waals surface area contributed by atoms with Crippen molar-refractivity contribution in [3.8, 4) is 0 Å². The Hall–Kier alpha value is -1.62. The van der Waals surface area contributed by atoms with Crippen LogP contribution in [0.5, 0.6) is 0 Å². The zero-order valence-electron chi connectivity index (χ0n) is 9.27. The Morgan fingerprint density at radius 2 is 2.25 bits per heavy atom. The second kappa shape index (κ2) is 6.07. The first-order valence-electron chi connectivity index (χ1n) is 5.21. The molecule has 1 rings (SSSR count). The van der Waals surface area contributed by atoms with Gasteiger partial charge in [0.15, 0.2) is 0 Å². The number of aliphatic hydroxyl groups is 1. The average molecular weight is 224 g/mol. The fourth-order valence-electron chi connectivity index (χ4n) is 1.23. The molecule has 0 saturated carbocycles. The average Bonchev–Trinajstić information content (AvgIpc) is 2.28. The van der Waals surface area contributed by atoms with Gasteiger partial charge in [-0.15, -0.1) is 0 Å². The van der Waals surface area contributed by atoms with Crippen LogP contribution in [0.25, 0.3) is 0 Å². The number of nitrogens with one attached hydrogen (secondary N) is 1. The molecule has 16 heavy (non-hydrogen) atoms. The van der Waals surface area contributed by atoms with E-state index in [9.17, 15) is 9.59 Å². The lowest BCUT2D eigenvalue weighted by atomic mass is 10.2. The van der Waals surface area contributed by atoms with Gasteiger partial charge in [0.05, 0.1) is 0 Å². The lowest BCUT2D eigenvalue weighted by Crippen LogP contribution is -2.27. The van der Waals surface area contributed by atoms with Crippen LogP contribution in [0.15, 0.2) is 23.1 Å². The van der Waals surface area contributed by atoms with Crippen LogP contribution in [0.2, 0.25) is 0 Å². The van der Waals surface area contributed by atoms with Crippen molar-refractivity contribution in [3.63, 3.8) is 0 Å². The maximum atomic E-state index is 11.5. The number of carbonyl (C=O) groups excluding carboxylic acids is 1. The fourth-order valence-corrected chi connectivity index (χ4v) is 1.23. The number of rotatable bonds is 5. The minimum absolute atomic E-state index is 0.127. The Labute approximate surface area is 93.7 Å². The Morgan fingerprint density at radius 1 is 1.50 bits per heavy atom. The molecule has 0 bridgehead atoms. The van der Waals surface area contributed by atoms with Crippen molar-refractivity contribution in [3.05, 3.63) is 34.2 Å². The summed E-state index contributed by atoms with van der Waals surface area (Å²) in [7, 11) is 1.63. The number of hydrogen-bond acceptors (Lipinski definition) is 3. The van der Waals surface area contributed by atoms with Crippen LogP contribution in [0, 0.1) is 0 Å². The Balaban J connectivity index is 2.53. The van der Waals surface area contributed by atoms with Gasteiger partial charge in [-0.05, 0) is 18.9 Å². The zero-order chi connectivity index (χ0) is 12.0. The smallest absolute Gasteiger partial charge is 0.251 e. The van der Waals surface area contributed by atoms with Gasteiger partial charge in [0.25, 0.3) is 11.5 Å². The maximum absolute atomic E-state index is 11.5. The Morgan fingerprint density at radius 3 is 2.88 bits per heavy atom. The van der Waals surface area contributed by atoms with Crippen LogP contribution in [0.4, 0.5) is 0 Å². The molecule has 0 spiro atoms. The third-order valence-corrected chi connectivity index (χ3v) is 2.24. The second-order valence-corrected chi connectivity index (χ2v) is 3.55. The number of hydrogen-bond donors (Lipinski definition) is 2. The van der Waals surface area contributed by atoms with Gasteiger partial charge in [0.1, 0.15) is 0 Å². The molecule has 0 aliphatic rings. The highest BCUT2D eigenvalue weighted by molar-refractivity contribution is 5.93. The number of pyridine rings is 1. The molecule has 1 amide bonds. The molecule has 5 nitrogen and oxygen atoms in total. The van der Waals surface area contributed by atoms with Crippen molar-refractivity contribution in [2.24, 2.45) is 7.05 Å². The van der Waals surface area contributed by atoms with Crippen molar-refractivity contribution in [1.82, 2.24) is 9.88 Å². The van der Waals surface area contributed by atoms with E-state index in [0.717, 1.165) is 6.42 Å². The largest absolute Gasteiger partial charge is 0.396 e. The highest BCUT2D eigenvalue weighted by Crippen LogP contribution is 1.94. The summed E-state index contributed by atoms with van der Waals surface area (Å²) in [4.78, 5) is 22.8. The van der Waals surface area contributed by atoms with Crippen LogP contribution < -0.4 is 10.9 Å². The molecule has 0 aliphatic carbocycles. The Bertz CT molecular complexity index is 412. The molecule has 0 atom stereocenters. The van der Waals surface area contributed by atoms with Crippen LogP contribution in [0.1, 0.15) is 23.2 Å².